The zero-order chi connectivity index (χ0) is 25.7. The minimum absolute atomic E-state index is 0. The van der Waals surface area contributed by atoms with Crippen LogP contribution in [0.2, 0.25) is 0 Å². The Morgan fingerprint density at radius 2 is 1.74 bits per heavy atom. The molecule has 3 aliphatic rings. The Labute approximate surface area is 225 Å². The molecule has 1 N–H and O–H groups in total. The van der Waals surface area contributed by atoms with E-state index in [-0.39, 0.29) is 54.4 Å². The second kappa shape index (κ2) is 10.4. The van der Waals surface area contributed by atoms with Crippen LogP contribution in [0.25, 0.3) is 11.2 Å². The fraction of sp³-hybridized carbons (Fsp3) is 0.500. The highest BCUT2D eigenvalue weighted by molar-refractivity contribution is 5.96. The fourth-order valence-corrected chi connectivity index (χ4v) is 6.03. The van der Waals surface area contributed by atoms with E-state index >= 15 is 0 Å². The first kappa shape index (κ1) is 26.2. The van der Waals surface area contributed by atoms with Gasteiger partial charge in [0, 0.05) is 51.4 Å². The molecular formula is C26H32ClN7O4. The molecule has 3 aromatic rings. The van der Waals surface area contributed by atoms with E-state index < -0.39 is 11.2 Å². The number of benzene rings is 1. The van der Waals surface area contributed by atoms with E-state index in [1.54, 1.807) is 41.9 Å². The molecule has 0 spiro atoms. The van der Waals surface area contributed by atoms with Gasteiger partial charge in [-0.25, -0.2) is 4.79 Å². The lowest BCUT2D eigenvalue weighted by Crippen LogP contribution is -2.42. The van der Waals surface area contributed by atoms with Crippen molar-refractivity contribution >= 4 is 41.2 Å². The summed E-state index contributed by atoms with van der Waals surface area (Å²) < 4.78 is 3.96. The van der Waals surface area contributed by atoms with Crippen molar-refractivity contribution in [1.29, 1.82) is 0 Å². The fourth-order valence-electron chi connectivity index (χ4n) is 6.03. The van der Waals surface area contributed by atoms with Crippen LogP contribution in [-0.2, 0) is 24.9 Å². The number of amides is 1. The van der Waals surface area contributed by atoms with Crippen LogP contribution in [0.5, 0.6) is 0 Å². The minimum Gasteiger partial charge on any atom is -0.341 e. The number of hydrogen-bond acceptors (Lipinski definition) is 7. The lowest BCUT2D eigenvalue weighted by Gasteiger charge is -2.26. The van der Waals surface area contributed by atoms with E-state index in [0.717, 1.165) is 43.5 Å². The predicted molar refractivity (Wildman–Crippen MR) is 145 cm³/mol. The number of rotatable bonds is 6. The van der Waals surface area contributed by atoms with Crippen molar-refractivity contribution in [3.63, 3.8) is 0 Å². The van der Waals surface area contributed by atoms with Crippen LogP contribution >= 0.6 is 12.4 Å². The van der Waals surface area contributed by atoms with Gasteiger partial charge in [-0.3, -0.25) is 28.1 Å². The van der Waals surface area contributed by atoms with E-state index in [9.17, 15) is 19.2 Å². The Morgan fingerprint density at radius 1 is 1.00 bits per heavy atom. The SMILES string of the molecule is Cl.Cn1c(=O)n(CC(=O)c2ccccc2)c(=O)c2c1nc(N1CCC3CNCC31)n2CC(=O)N1CCCC1. The van der Waals surface area contributed by atoms with Crippen LogP contribution in [0.3, 0.4) is 0 Å². The van der Waals surface area contributed by atoms with Gasteiger partial charge >= 0.3 is 5.69 Å². The molecule has 3 fully saturated rings. The number of carbonyl (C=O) groups excluding carboxylic acids is 2. The topological polar surface area (TPSA) is 114 Å². The van der Waals surface area contributed by atoms with Crippen molar-refractivity contribution in [2.75, 3.05) is 37.6 Å². The third kappa shape index (κ3) is 4.33. The van der Waals surface area contributed by atoms with Crippen LogP contribution < -0.4 is 21.5 Å². The Morgan fingerprint density at radius 3 is 2.47 bits per heavy atom. The third-order valence-corrected chi connectivity index (χ3v) is 8.06. The van der Waals surface area contributed by atoms with Gasteiger partial charge in [0.15, 0.2) is 16.9 Å². The lowest BCUT2D eigenvalue weighted by atomic mass is 10.1. The molecule has 3 aliphatic heterocycles. The monoisotopic (exact) mass is 541 g/mol. The Balaban J connectivity index is 0.00000294. The molecule has 1 amide bonds. The summed E-state index contributed by atoms with van der Waals surface area (Å²) in [4.78, 5) is 62.1. The van der Waals surface area contributed by atoms with Crippen LogP contribution in [0, 0.1) is 5.92 Å². The van der Waals surface area contributed by atoms with Crippen molar-refractivity contribution in [2.24, 2.45) is 13.0 Å². The maximum atomic E-state index is 13.8. The summed E-state index contributed by atoms with van der Waals surface area (Å²) in [7, 11) is 1.56. The summed E-state index contributed by atoms with van der Waals surface area (Å²) in [5.74, 6) is 0.612. The minimum atomic E-state index is -0.606. The lowest BCUT2D eigenvalue weighted by molar-refractivity contribution is -0.130. The molecule has 0 saturated carbocycles. The number of aryl methyl sites for hydroxylation is 1. The quantitative estimate of drug-likeness (QED) is 0.455. The number of aromatic nitrogens is 4. The van der Waals surface area contributed by atoms with Gasteiger partial charge in [0.05, 0.1) is 6.54 Å². The van der Waals surface area contributed by atoms with Crippen molar-refractivity contribution in [3.8, 4) is 0 Å². The highest BCUT2D eigenvalue weighted by Gasteiger charge is 2.40. The molecule has 12 heteroatoms. The molecule has 6 rings (SSSR count). The van der Waals surface area contributed by atoms with Crippen molar-refractivity contribution < 1.29 is 9.59 Å². The summed E-state index contributed by atoms with van der Waals surface area (Å²) in [5, 5.41) is 3.43. The summed E-state index contributed by atoms with van der Waals surface area (Å²) in [6, 6.07) is 8.82. The molecule has 38 heavy (non-hydrogen) atoms. The molecule has 3 saturated heterocycles. The van der Waals surface area contributed by atoms with E-state index in [1.807, 2.05) is 4.90 Å². The van der Waals surface area contributed by atoms with Crippen molar-refractivity contribution in [2.45, 2.75) is 38.4 Å². The van der Waals surface area contributed by atoms with Gasteiger partial charge in [0.1, 0.15) is 6.54 Å². The molecular weight excluding hydrogens is 510 g/mol. The number of anilines is 1. The smallest absolute Gasteiger partial charge is 0.332 e. The van der Waals surface area contributed by atoms with Crippen molar-refractivity contribution in [1.82, 2.24) is 28.9 Å². The summed E-state index contributed by atoms with van der Waals surface area (Å²) in [5.41, 5.74) is -0.370. The standard InChI is InChI=1S/C26H31N7O4.ClH/c1-29-23-22(24(36)33(26(29)37)15-20(34)17-7-3-2-4-8-17)32(16-21(35)30-10-5-6-11-30)25(28-23)31-12-9-18-13-27-14-19(18)31;/h2-4,7-8,18-19,27H,5-6,9-16H2,1H3;1H. The first-order valence-corrected chi connectivity index (χ1v) is 13.0. The molecule has 11 nitrogen and oxygen atoms in total. The normalized spacial score (nSPS) is 20.7. The van der Waals surface area contributed by atoms with E-state index in [1.165, 1.54) is 4.57 Å². The molecule has 202 valence electrons. The number of ketones is 1. The maximum Gasteiger partial charge on any atom is 0.332 e. The molecule has 2 unspecified atom stereocenters. The van der Waals surface area contributed by atoms with Crippen LogP contribution in [0.1, 0.15) is 29.6 Å². The first-order chi connectivity index (χ1) is 17.9. The van der Waals surface area contributed by atoms with Gasteiger partial charge in [-0.05, 0) is 25.2 Å². The number of carbonyl (C=O) groups is 2. The zero-order valence-electron chi connectivity index (χ0n) is 21.3. The summed E-state index contributed by atoms with van der Waals surface area (Å²) in [6.07, 6.45) is 2.93. The highest BCUT2D eigenvalue weighted by Crippen LogP contribution is 2.33. The second-order valence-corrected chi connectivity index (χ2v) is 10.2. The molecule has 5 heterocycles. The van der Waals surface area contributed by atoms with Gasteiger partial charge in [0.25, 0.3) is 5.56 Å². The van der Waals surface area contributed by atoms with E-state index in [0.29, 0.717) is 30.5 Å². The van der Waals surface area contributed by atoms with Gasteiger partial charge in [0.2, 0.25) is 11.9 Å². The number of nitrogens with one attached hydrogen (secondary N) is 1. The molecule has 2 atom stereocenters. The average molecular weight is 542 g/mol. The highest BCUT2D eigenvalue weighted by atomic mass is 35.5. The zero-order valence-corrected chi connectivity index (χ0v) is 22.2. The Hall–Kier alpha value is -3.44. The molecule has 1 aromatic carbocycles. The Bertz CT molecular complexity index is 1490. The second-order valence-electron chi connectivity index (χ2n) is 10.2. The van der Waals surface area contributed by atoms with E-state index in [2.05, 4.69) is 10.2 Å². The first-order valence-electron chi connectivity index (χ1n) is 13.0. The Kier molecular flexibility index (Phi) is 7.15. The maximum absolute atomic E-state index is 13.8. The third-order valence-electron chi connectivity index (χ3n) is 8.06. The average Bonchev–Trinajstić information content (AvgIpc) is 3.70. The van der Waals surface area contributed by atoms with Crippen molar-refractivity contribution in [3.05, 3.63) is 56.7 Å². The number of fused-ring (bicyclic) bond motifs is 2. The molecule has 0 radical (unpaired) electrons. The van der Waals surface area contributed by atoms with Gasteiger partial charge in [-0.2, -0.15) is 4.98 Å². The summed E-state index contributed by atoms with van der Waals surface area (Å²) >= 11 is 0. The number of likely N-dealkylation sites (tertiary alicyclic amines) is 1. The number of Topliss-reactive ketones (excluding diaryl/α,β-unsaturated/α-hetero) is 1. The van der Waals surface area contributed by atoms with Crippen LogP contribution in [0.4, 0.5) is 5.95 Å². The largest absolute Gasteiger partial charge is 0.341 e. The molecule has 0 aliphatic carbocycles. The molecule has 2 aromatic heterocycles. The number of hydrogen-bond donors (Lipinski definition) is 1. The number of imidazole rings is 1. The summed E-state index contributed by atoms with van der Waals surface area (Å²) in [6.45, 7) is 3.50. The van der Waals surface area contributed by atoms with Gasteiger partial charge < -0.3 is 15.1 Å². The number of nitrogens with zero attached hydrogens (tertiary/aromatic N) is 6. The van der Waals surface area contributed by atoms with Crippen LogP contribution in [-0.4, -0.2) is 74.0 Å². The molecule has 0 bridgehead atoms. The van der Waals surface area contributed by atoms with Gasteiger partial charge in [-0.1, -0.05) is 30.3 Å². The van der Waals surface area contributed by atoms with E-state index in [4.69, 9.17) is 4.98 Å². The van der Waals surface area contributed by atoms with Crippen LogP contribution in [0.15, 0.2) is 39.9 Å². The predicted octanol–water partition coefficient (Wildman–Crippen LogP) is 0.622. The van der Waals surface area contributed by atoms with Gasteiger partial charge in [-0.15, -0.1) is 12.4 Å². The number of halogens is 1.